The fourth-order valence-corrected chi connectivity index (χ4v) is 4.56. The number of hydrogen-bond acceptors (Lipinski definition) is 6. The largest absolute Gasteiger partial charge is 0.338 e. The van der Waals surface area contributed by atoms with Crippen LogP contribution in [0.2, 0.25) is 0 Å². The van der Waals surface area contributed by atoms with Gasteiger partial charge in [0.1, 0.15) is 17.7 Å². The van der Waals surface area contributed by atoms with Crippen molar-refractivity contribution in [2.45, 2.75) is 38.0 Å². The molecule has 1 aromatic heterocycles. The third kappa shape index (κ3) is 3.85. The van der Waals surface area contributed by atoms with Gasteiger partial charge in [-0.2, -0.15) is 0 Å². The summed E-state index contributed by atoms with van der Waals surface area (Å²) in [6, 6.07) is 5.15. The summed E-state index contributed by atoms with van der Waals surface area (Å²) in [6.07, 6.45) is 0.272. The summed E-state index contributed by atoms with van der Waals surface area (Å²) in [7, 11) is -3.26. The lowest BCUT2D eigenvalue weighted by Crippen LogP contribution is -2.56. The van der Waals surface area contributed by atoms with Crippen molar-refractivity contribution in [1.82, 2.24) is 25.1 Å². The summed E-state index contributed by atoms with van der Waals surface area (Å²) in [5.41, 5.74) is 0.758. The highest BCUT2D eigenvalue weighted by Gasteiger charge is 2.43. The zero-order valence-corrected chi connectivity index (χ0v) is 16.3. The number of halogens is 1. The average molecular weight is 395 g/mol. The first-order valence-electron chi connectivity index (χ1n) is 8.61. The number of aromatic nitrogens is 4. The first-order valence-corrected chi connectivity index (χ1v) is 10.3. The lowest BCUT2D eigenvalue weighted by atomic mass is 10.0. The highest BCUT2D eigenvalue weighted by Crippen LogP contribution is 2.27. The summed E-state index contributed by atoms with van der Waals surface area (Å²) < 4.78 is 38.1. The Hall–Kier alpha value is -2.36. The number of benzene rings is 1. The number of hydrogen-bond donors (Lipinski definition) is 0. The molecule has 1 fully saturated rings. The van der Waals surface area contributed by atoms with Crippen molar-refractivity contribution in [3.8, 4) is 0 Å². The Morgan fingerprint density at radius 2 is 1.96 bits per heavy atom. The van der Waals surface area contributed by atoms with Crippen molar-refractivity contribution < 1.29 is 17.6 Å². The second-order valence-electron chi connectivity index (χ2n) is 7.36. The van der Waals surface area contributed by atoms with E-state index in [9.17, 15) is 17.6 Å². The lowest BCUT2D eigenvalue weighted by Gasteiger charge is -2.39. The summed E-state index contributed by atoms with van der Waals surface area (Å²) in [6.45, 7) is 5.18. The van der Waals surface area contributed by atoms with Crippen molar-refractivity contribution in [2.75, 3.05) is 18.8 Å². The molecule has 2 aromatic rings. The van der Waals surface area contributed by atoms with E-state index < -0.39 is 20.6 Å². The molecule has 0 bridgehead atoms. The van der Waals surface area contributed by atoms with Crippen LogP contribution in [-0.2, 0) is 21.1 Å². The quantitative estimate of drug-likeness (QED) is 0.764. The van der Waals surface area contributed by atoms with Crippen molar-refractivity contribution >= 4 is 15.7 Å². The first-order chi connectivity index (χ1) is 12.6. The Morgan fingerprint density at radius 3 is 2.52 bits per heavy atom. The molecule has 1 aromatic carbocycles. The number of carbonyl (C=O) groups excluding carboxylic acids is 1. The van der Waals surface area contributed by atoms with E-state index >= 15 is 0 Å². The monoisotopic (exact) mass is 395 g/mol. The van der Waals surface area contributed by atoms with E-state index in [4.69, 9.17) is 0 Å². The number of tetrazole rings is 1. The molecule has 10 heteroatoms. The smallest absolute Gasteiger partial charge is 0.248 e. The number of sulfone groups is 1. The van der Waals surface area contributed by atoms with Crippen LogP contribution in [-0.4, -0.2) is 63.0 Å². The zero-order chi connectivity index (χ0) is 19.8. The van der Waals surface area contributed by atoms with Crippen LogP contribution in [0.15, 0.2) is 24.3 Å². The molecule has 27 heavy (non-hydrogen) atoms. The van der Waals surface area contributed by atoms with Gasteiger partial charge in [-0.15, -0.1) is 5.10 Å². The number of rotatable bonds is 4. The summed E-state index contributed by atoms with van der Waals surface area (Å²) in [5, 5.41) is 11.4. The fraction of sp³-hybridized carbons (Fsp3) is 0.529. The minimum absolute atomic E-state index is 0.0798. The van der Waals surface area contributed by atoms with Gasteiger partial charge in [-0.1, -0.05) is 12.1 Å². The standard InChI is InChI=1S/C17H22FN5O3S/c1-12-19-20-21-23(12)15(10-13-4-6-14(18)7-5-13)16(24)22-8-9-27(25,26)17(2,3)11-22/h4-7,15H,8-11H2,1-3H3. The zero-order valence-electron chi connectivity index (χ0n) is 15.5. The molecule has 1 aliphatic heterocycles. The molecular weight excluding hydrogens is 373 g/mol. The second kappa shape index (κ2) is 6.99. The summed E-state index contributed by atoms with van der Waals surface area (Å²) >= 11 is 0. The Kier molecular flexibility index (Phi) is 5.02. The molecule has 1 amide bonds. The number of aryl methyl sites for hydroxylation is 1. The van der Waals surface area contributed by atoms with Gasteiger partial charge < -0.3 is 4.90 Å². The molecule has 146 valence electrons. The van der Waals surface area contributed by atoms with Crippen LogP contribution in [0.1, 0.15) is 31.3 Å². The van der Waals surface area contributed by atoms with Gasteiger partial charge in [0, 0.05) is 19.5 Å². The fourth-order valence-electron chi connectivity index (χ4n) is 3.19. The molecule has 1 unspecified atom stereocenters. The van der Waals surface area contributed by atoms with Crippen LogP contribution in [0.25, 0.3) is 0 Å². The maximum atomic E-state index is 13.3. The maximum Gasteiger partial charge on any atom is 0.248 e. The molecule has 8 nitrogen and oxygen atoms in total. The SMILES string of the molecule is Cc1nnnn1C(Cc1ccc(F)cc1)C(=O)N1CCS(=O)(=O)C(C)(C)C1. The summed E-state index contributed by atoms with van der Waals surface area (Å²) in [5.74, 6) is -0.218. The highest BCUT2D eigenvalue weighted by atomic mass is 32.2. The summed E-state index contributed by atoms with van der Waals surface area (Å²) in [4.78, 5) is 14.8. The van der Waals surface area contributed by atoms with Gasteiger partial charge in [0.25, 0.3) is 0 Å². The van der Waals surface area contributed by atoms with Gasteiger partial charge in [-0.05, 0) is 48.9 Å². The predicted molar refractivity (Wildman–Crippen MR) is 96.1 cm³/mol. The van der Waals surface area contributed by atoms with Gasteiger partial charge >= 0.3 is 0 Å². The van der Waals surface area contributed by atoms with Crippen molar-refractivity contribution in [1.29, 1.82) is 0 Å². The van der Waals surface area contributed by atoms with E-state index in [0.717, 1.165) is 5.56 Å². The molecule has 0 aliphatic carbocycles. The van der Waals surface area contributed by atoms with Crippen LogP contribution < -0.4 is 0 Å². The van der Waals surface area contributed by atoms with Gasteiger partial charge in [0.05, 0.1) is 10.5 Å². The van der Waals surface area contributed by atoms with Crippen molar-refractivity contribution in [3.63, 3.8) is 0 Å². The van der Waals surface area contributed by atoms with Crippen molar-refractivity contribution in [3.05, 3.63) is 41.5 Å². The second-order valence-corrected chi connectivity index (χ2v) is 10.1. The molecule has 0 N–H and O–H groups in total. The van der Waals surface area contributed by atoms with E-state index in [-0.39, 0.29) is 37.0 Å². The average Bonchev–Trinajstić information content (AvgIpc) is 3.02. The third-order valence-electron chi connectivity index (χ3n) is 4.94. The van der Waals surface area contributed by atoms with E-state index in [0.29, 0.717) is 5.82 Å². The predicted octanol–water partition coefficient (Wildman–Crippen LogP) is 0.940. The van der Waals surface area contributed by atoms with E-state index in [2.05, 4.69) is 15.5 Å². The lowest BCUT2D eigenvalue weighted by molar-refractivity contribution is -0.135. The van der Waals surface area contributed by atoms with Crippen LogP contribution >= 0.6 is 0 Å². The maximum absolute atomic E-state index is 13.3. The third-order valence-corrected chi connectivity index (χ3v) is 7.47. The Morgan fingerprint density at radius 1 is 1.30 bits per heavy atom. The Balaban J connectivity index is 1.90. The molecule has 2 heterocycles. The Bertz CT molecular complexity index is 940. The normalized spacial score (nSPS) is 19.6. The van der Waals surface area contributed by atoms with E-state index in [1.807, 2.05) is 0 Å². The molecule has 0 saturated carbocycles. The molecule has 1 aliphatic rings. The van der Waals surface area contributed by atoms with Gasteiger partial charge in [0.15, 0.2) is 9.84 Å². The Labute approximate surface area is 157 Å². The van der Waals surface area contributed by atoms with E-state index in [1.165, 1.54) is 16.8 Å². The van der Waals surface area contributed by atoms with E-state index in [1.54, 1.807) is 37.8 Å². The van der Waals surface area contributed by atoms with Crippen molar-refractivity contribution in [2.24, 2.45) is 0 Å². The highest BCUT2D eigenvalue weighted by molar-refractivity contribution is 7.92. The molecular formula is C17H22FN5O3S. The van der Waals surface area contributed by atoms with Gasteiger partial charge in [0.2, 0.25) is 5.91 Å². The van der Waals surface area contributed by atoms with Crippen LogP contribution in [0.5, 0.6) is 0 Å². The number of carbonyl (C=O) groups is 1. The molecule has 0 radical (unpaired) electrons. The van der Waals surface area contributed by atoms with Crippen LogP contribution in [0.4, 0.5) is 4.39 Å². The van der Waals surface area contributed by atoms with Crippen LogP contribution in [0, 0.1) is 12.7 Å². The van der Waals surface area contributed by atoms with Crippen LogP contribution in [0.3, 0.4) is 0 Å². The molecule has 1 atom stereocenters. The topological polar surface area (TPSA) is 98.1 Å². The molecule has 3 rings (SSSR count). The molecule has 0 spiro atoms. The van der Waals surface area contributed by atoms with Gasteiger partial charge in [-0.3, -0.25) is 4.79 Å². The first kappa shape index (κ1) is 19.4. The minimum atomic E-state index is -3.26. The molecule has 1 saturated heterocycles. The number of nitrogens with zero attached hydrogens (tertiary/aromatic N) is 5. The number of amides is 1. The van der Waals surface area contributed by atoms with Gasteiger partial charge in [-0.25, -0.2) is 17.5 Å². The minimum Gasteiger partial charge on any atom is -0.338 e.